The highest BCUT2D eigenvalue weighted by atomic mass is 79.9. The first-order chi connectivity index (χ1) is 13.8. The van der Waals surface area contributed by atoms with Gasteiger partial charge in [-0.05, 0) is 36.4 Å². The minimum atomic E-state index is -3.84. The third-order valence-electron chi connectivity index (χ3n) is 4.42. The van der Waals surface area contributed by atoms with E-state index in [1.807, 2.05) is 29.9 Å². The topological polar surface area (TPSA) is 71.8 Å². The Morgan fingerprint density at radius 2 is 1.97 bits per heavy atom. The summed E-state index contributed by atoms with van der Waals surface area (Å²) in [6.45, 7) is 4.48. The van der Waals surface area contributed by atoms with Gasteiger partial charge in [-0.3, -0.25) is 4.79 Å². The summed E-state index contributed by atoms with van der Waals surface area (Å²) in [5.74, 6) is -0.300. The zero-order valence-corrected chi connectivity index (χ0v) is 19.0. The number of carbonyl (C=O) groups excluding carboxylic acids is 1. The van der Waals surface area contributed by atoms with Gasteiger partial charge in [-0.15, -0.1) is 6.58 Å². The summed E-state index contributed by atoms with van der Waals surface area (Å²) >= 11 is 3.30. The van der Waals surface area contributed by atoms with Crippen LogP contribution in [0.4, 0.5) is 0 Å². The van der Waals surface area contributed by atoms with Crippen LogP contribution in [0, 0.1) is 0 Å². The van der Waals surface area contributed by atoms with E-state index >= 15 is 0 Å². The van der Waals surface area contributed by atoms with Crippen molar-refractivity contribution in [3.63, 3.8) is 0 Å². The van der Waals surface area contributed by atoms with Crippen molar-refractivity contribution in [2.45, 2.75) is 11.4 Å². The molecule has 0 atom stereocenters. The van der Waals surface area contributed by atoms with Gasteiger partial charge in [-0.2, -0.15) is 4.31 Å². The van der Waals surface area contributed by atoms with Gasteiger partial charge in [0.2, 0.25) is 15.9 Å². The number of halogens is 1. The van der Waals surface area contributed by atoms with Crippen LogP contribution in [0.5, 0.6) is 0 Å². The number of rotatable bonds is 11. The SMILES string of the molecule is C=CCN(CC(=O)N(CCOC)Cc1cccn1C)S(=O)(=O)c1ccc(Br)cc1. The van der Waals surface area contributed by atoms with Gasteiger partial charge in [0, 0.05) is 43.6 Å². The molecule has 1 aromatic carbocycles. The molecule has 0 saturated carbocycles. The molecule has 2 aromatic rings. The van der Waals surface area contributed by atoms with E-state index in [1.54, 1.807) is 24.1 Å². The van der Waals surface area contributed by atoms with Crippen molar-refractivity contribution < 1.29 is 17.9 Å². The predicted molar refractivity (Wildman–Crippen MR) is 116 cm³/mol. The van der Waals surface area contributed by atoms with Crippen LogP contribution in [0.2, 0.25) is 0 Å². The van der Waals surface area contributed by atoms with Crippen LogP contribution in [-0.4, -0.2) is 61.4 Å². The highest BCUT2D eigenvalue weighted by Crippen LogP contribution is 2.19. The molecular weight excluding hydrogens is 458 g/mol. The number of methoxy groups -OCH3 is 1. The second-order valence-electron chi connectivity index (χ2n) is 6.46. The average Bonchev–Trinajstić information content (AvgIpc) is 3.09. The standard InChI is InChI=1S/C20H26BrN3O4S/c1-4-11-24(29(26,27)19-9-7-17(21)8-10-19)16-20(25)23(13-14-28-3)15-18-6-5-12-22(18)2/h4-10,12H,1,11,13-16H2,2-3H3. The molecule has 29 heavy (non-hydrogen) atoms. The predicted octanol–water partition coefficient (Wildman–Crippen LogP) is 2.64. The molecule has 0 fully saturated rings. The Kier molecular flexibility index (Phi) is 8.63. The fourth-order valence-corrected chi connectivity index (χ4v) is 4.37. The lowest BCUT2D eigenvalue weighted by molar-refractivity contribution is -0.132. The van der Waals surface area contributed by atoms with E-state index in [0.717, 1.165) is 14.5 Å². The second-order valence-corrected chi connectivity index (χ2v) is 9.31. The van der Waals surface area contributed by atoms with Crippen LogP contribution in [0.15, 0.2) is 64.6 Å². The number of aromatic nitrogens is 1. The first kappa shape index (κ1) is 23.3. The van der Waals surface area contributed by atoms with Crippen LogP contribution < -0.4 is 0 Å². The monoisotopic (exact) mass is 483 g/mol. The van der Waals surface area contributed by atoms with Crippen LogP contribution in [-0.2, 0) is 33.1 Å². The van der Waals surface area contributed by atoms with Crippen LogP contribution >= 0.6 is 15.9 Å². The van der Waals surface area contributed by atoms with E-state index in [4.69, 9.17) is 4.74 Å². The summed E-state index contributed by atoms with van der Waals surface area (Å²) in [6, 6.07) is 10.1. The molecular formula is C20H26BrN3O4S. The molecule has 9 heteroatoms. The molecule has 0 spiro atoms. The average molecular weight is 484 g/mol. The lowest BCUT2D eigenvalue weighted by Gasteiger charge is -2.27. The lowest BCUT2D eigenvalue weighted by Crippen LogP contribution is -2.44. The number of amides is 1. The minimum absolute atomic E-state index is 0.0341. The molecule has 0 aliphatic carbocycles. The molecule has 0 saturated heterocycles. The number of nitrogens with zero attached hydrogens (tertiary/aromatic N) is 3. The van der Waals surface area contributed by atoms with Gasteiger partial charge in [0.15, 0.2) is 0 Å². The van der Waals surface area contributed by atoms with Crippen molar-refractivity contribution in [2.75, 3.05) is 33.4 Å². The Balaban J connectivity index is 2.23. The van der Waals surface area contributed by atoms with Crippen LogP contribution in [0.1, 0.15) is 5.69 Å². The maximum absolute atomic E-state index is 13.0. The summed E-state index contributed by atoms with van der Waals surface area (Å²) in [4.78, 5) is 14.7. The minimum Gasteiger partial charge on any atom is -0.383 e. The number of benzene rings is 1. The molecule has 2 rings (SSSR count). The Labute approximate surface area is 180 Å². The molecule has 1 aromatic heterocycles. The summed E-state index contributed by atoms with van der Waals surface area (Å²) in [6.07, 6.45) is 3.37. The molecule has 1 amide bonds. The molecule has 7 nitrogen and oxygen atoms in total. The number of hydrogen-bond donors (Lipinski definition) is 0. The number of ether oxygens (including phenoxy) is 1. The van der Waals surface area contributed by atoms with E-state index < -0.39 is 10.0 Å². The van der Waals surface area contributed by atoms with Gasteiger partial charge >= 0.3 is 0 Å². The molecule has 1 heterocycles. The molecule has 0 N–H and O–H groups in total. The first-order valence-electron chi connectivity index (χ1n) is 9.03. The summed E-state index contributed by atoms with van der Waals surface area (Å²) in [5, 5.41) is 0. The number of sulfonamides is 1. The highest BCUT2D eigenvalue weighted by Gasteiger charge is 2.28. The van der Waals surface area contributed by atoms with Crippen molar-refractivity contribution in [3.05, 3.63) is 65.4 Å². The molecule has 0 radical (unpaired) electrons. The Morgan fingerprint density at radius 1 is 1.28 bits per heavy atom. The summed E-state index contributed by atoms with van der Waals surface area (Å²) < 4.78 is 35.0. The van der Waals surface area contributed by atoms with Gasteiger partial charge < -0.3 is 14.2 Å². The van der Waals surface area contributed by atoms with Crippen molar-refractivity contribution >= 4 is 31.9 Å². The maximum Gasteiger partial charge on any atom is 0.243 e. The third kappa shape index (κ3) is 6.27. The molecule has 0 bridgehead atoms. The summed E-state index contributed by atoms with van der Waals surface area (Å²) in [7, 11) is -0.380. The van der Waals surface area contributed by atoms with E-state index in [2.05, 4.69) is 22.5 Å². The number of aryl methyl sites for hydroxylation is 1. The van der Waals surface area contributed by atoms with Crippen molar-refractivity contribution in [1.82, 2.24) is 13.8 Å². The molecule has 0 aliphatic heterocycles. The van der Waals surface area contributed by atoms with Gasteiger partial charge in [-0.25, -0.2) is 8.42 Å². The van der Waals surface area contributed by atoms with Gasteiger partial charge in [-0.1, -0.05) is 22.0 Å². The Hall–Kier alpha value is -1.94. The van der Waals surface area contributed by atoms with Gasteiger partial charge in [0.05, 0.1) is 24.6 Å². The van der Waals surface area contributed by atoms with Crippen molar-refractivity contribution in [2.24, 2.45) is 7.05 Å². The molecule has 0 unspecified atom stereocenters. The maximum atomic E-state index is 13.0. The van der Waals surface area contributed by atoms with Crippen molar-refractivity contribution in [1.29, 1.82) is 0 Å². The molecule has 158 valence electrons. The van der Waals surface area contributed by atoms with Gasteiger partial charge in [0.25, 0.3) is 0 Å². The van der Waals surface area contributed by atoms with Crippen LogP contribution in [0.25, 0.3) is 0 Å². The first-order valence-corrected chi connectivity index (χ1v) is 11.3. The fourth-order valence-electron chi connectivity index (χ4n) is 2.75. The van der Waals surface area contributed by atoms with E-state index in [9.17, 15) is 13.2 Å². The zero-order chi connectivity index (χ0) is 21.4. The smallest absolute Gasteiger partial charge is 0.243 e. The van der Waals surface area contributed by atoms with E-state index in [1.165, 1.54) is 18.2 Å². The fraction of sp³-hybridized carbons (Fsp3) is 0.350. The highest BCUT2D eigenvalue weighted by molar-refractivity contribution is 9.10. The second kappa shape index (κ2) is 10.7. The summed E-state index contributed by atoms with van der Waals surface area (Å²) in [5.41, 5.74) is 0.945. The largest absolute Gasteiger partial charge is 0.383 e. The normalized spacial score (nSPS) is 11.6. The van der Waals surface area contributed by atoms with Gasteiger partial charge in [0.1, 0.15) is 0 Å². The zero-order valence-electron chi connectivity index (χ0n) is 16.6. The quantitative estimate of drug-likeness (QED) is 0.460. The van der Waals surface area contributed by atoms with Crippen molar-refractivity contribution in [3.8, 4) is 0 Å². The number of carbonyl (C=O) groups is 1. The lowest BCUT2D eigenvalue weighted by atomic mass is 10.3. The van der Waals surface area contributed by atoms with Crippen LogP contribution in [0.3, 0.4) is 0 Å². The Morgan fingerprint density at radius 3 is 2.52 bits per heavy atom. The van der Waals surface area contributed by atoms with E-state index in [0.29, 0.717) is 19.7 Å². The third-order valence-corrected chi connectivity index (χ3v) is 6.77. The van der Waals surface area contributed by atoms with E-state index in [-0.39, 0.29) is 23.9 Å². The number of hydrogen-bond acceptors (Lipinski definition) is 4. The Bertz CT molecular complexity index is 925. The molecule has 0 aliphatic rings.